The number of hydrogen-bond acceptors (Lipinski definition) is 1. The first-order chi connectivity index (χ1) is 15.8. The summed E-state index contributed by atoms with van der Waals surface area (Å²) in [5, 5.41) is 0. The minimum absolute atomic E-state index is 0.0836. The van der Waals surface area contributed by atoms with Crippen LogP contribution in [0.2, 0.25) is 0 Å². The highest BCUT2D eigenvalue weighted by Crippen LogP contribution is 2.41. The third kappa shape index (κ3) is 4.18. The Bertz CT molecular complexity index is 1180. The Balaban J connectivity index is 1.75. The predicted octanol–water partition coefficient (Wildman–Crippen LogP) is 7.49. The van der Waals surface area contributed by atoms with E-state index in [0.29, 0.717) is 12.2 Å². The molecule has 32 heavy (non-hydrogen) atoms. The molecule has 3 aromatic carbocycles. The molecule has 1 atom stereocenters. The molecule has 0 amide bonds. The van der Waals surface area contributed by atoms with E-state index in [-0.39, 0.29) is 6.04 Å². The summed E-state index contributed by atoms with van der Waals surface area (Å²) in [7, 11) is 0. The second-order valence-corrected chi connectivity index (χ2v) is 8.76. The second kappa shape index (κ2) is 9.40. The van der Waals surface area contributed by atoms with Crippen LogP contribution in [0, 0.1) is 0 Å². The van der Waals surface area contributed by atoms with Crippen molar-refractivity contribution < 1.29 is 4.79 Å². The van der Waals surface area contributed by atoms with Crippen molar-refractivity contribution in [2.75, 3.05) is 0 Å². The number of carbonyl (C=O) groups excluding carboxylic acids is 1. The molecule has 1 aliphatic rings. The normalized spacial score (nSPS) is 16.6. The number of Topliss-reactive ketones (excluding diaryl/α,β-unsaturated/α-hetero) is 1. The Morgan fingerprint density at radius 2 is 1.34 bits per heavy atom. The monoisotopic (exact) mass is 419 g/mol. The summed E-state index contributed by atoms with van der Waals surface area (Å²) in [6.07, 6.45) is 7.99. The van der Waals surface area contributed by atoms with Gasteiger partial charge in [0.25, 0.3) is 0 Å². The molecule has 0 N–H and O–H groups in total. The van der Waals surface area contributed by atoms with Crippen molar-refractivity contribution in [1.82, 2.24) is 4.57 Å². The molecule has 0 saturated heterocycles. The molecular weight excluding hydrogens is 390 g/mol. The summed E-state index contributed by atoms with van der Waals surface area (Å²) in [6.45, 7) is 0. The maximum Gasteiger partial charge on any atom is 0.155 e. The first-order valence-electron chi connectivity index (χ1n) is 11.7. The molecule has 160 valence electrons. The number of aromatic nitrogens is 1. The first kappa shape index (κ1) is 20.5. The van der Waals surface area contributed by atoms with Gasteiger partial charge in [-0.05, 0) is 41.5 Å². The zero-order valence-electron chi connectivity index (χ0n) is 18.4. The molecule has 2 heteroatoms. The summed E-state index contributed by atoms with van der Waals surface area (Å²) in [4.78, 5) is 13.2. The third-order valence-electron chi connectivity index (χ3n) is 6.57. The Morgan fingerprint density at radius 1 is 0.719 bits per heavy atom. The Hall–Kier alpha value is -3.39. The molecule has 2 nitrogen and oxygen atoms in total. The minimum atomic E-state index is -0.0836. The SMILES string of the molecule is O=C1CCCCCC1n1cc(Cc2ccccc2)c(-c2ccccc2)c1-c1ccccc1. The van der Waals surface area contributed by atoms with Gasteiger partial charge in [-0.2, -0.15) is 0 Å². The highest BCUT2D eigenvalue weighted by molar-refractivity contribution is 5.88. The number of ketones is 1. The van der Waals surface area contributed by atoms with Gasteiger partial charge in [-0.1, -0.05) is 104 Å². The second-order valence-electron chi connectivity index (χ2n) is 8.76. The molecule has 1 aliphatic carbocycles. The number of benzene rings is 3. The van der Waals surface area contributed by atoms with Crippen LogP contribution in [0.25, 0.3) is 22.4 Å². The van der Waals surface area contributed by atoms with Crippen molar-refractivity contribution in [3.8, 4) is 22.4 Å². The van der Waals surface area contributed by atoms with E-state index in [9.17, 15) is 4.79 Å². The first-order valence-corrected chi connectivity index (χ1v) is 11.7. The zero-order chi connectivity index (χ0) is 21.8. The van der Waals surface area contributed by atoms with Crippen LogP contribution in [0.5, 0.6) is 0 Å². The fourth-order valence-corrected chi connectivity index (χ4v) is 5.03. The maximum atomic E-state index is 13.2. The lowest BCUT2D eigenvalue weighted by atomic mass is 9.94. The quantitative estimate of drug-likeness (QED) is 0.307. The van der Waals surface area contributed by atoms with Gasteiger partial charge >= 0.3 is 0 Å². The molecule has 0 spiro atoms. The molecule has 1 aromatic heterocycles. The summed E-state index contributed by atoms with van der Waals surface area (Å²) in [5.41, 5.74) is 7.35. The fraction of sp³-hybridized carbons (Fsp3) is 0.233. The van der Waals surface area contributed by atoms with E-state index < -0.39 is 0 Å². The van der Waals surface area contributed by atoms with Crippen LogP contribution in [0.15, 0.2) is 97.2 Å². The highest BCUT2D eigenvalue weighted by Gasteiger charge is 2.28. The average molecular weight is 420 g/mol. The fourth-order valence-electron chi connectivity index (χ4n) is 5.03. The average Bonchev–Trinajstić information content (AvgIpc) is 3.07. The van der Waals surface area contributed by atoms with E-state index in [1.165, 1.54) is 33.5 Å². The molecule has 0 bridgehead atoms. The van der Waals surface area contributed by atoms with E-state index in [4.69, 9.17) is 0 Å². The van der Waals surface area contributed by atoms with E-state index in [1.54, 1.807) is 0 Å². The van der Waals surface area contributed by atoms with Gasteiger partial charge in [0.1, 0.15) is 0 Å². The van der Waals surface area contributed by atoms with Crippen molar-refractivity contribution in [1.29, 1.82) is 0 Å². The Labute approximate surface area is 190 Å². The molecular formula is C30H29NO. The number of rotatable bonds is 5. The van der Waals surface area contributed by atoms with Crippen molar-refractivity contribution in [2.45, 2.75) is 44.6 Å². The molecule has 1 heterocycles. The van der Waals surface area contributed by atoms with Crippen LogP contribution in [0.4, 0.5) is 0 Å². The standard InChI is InChI=1S/C30H29NO/c32-28-20-12-4-11-19-27(28)31-22-26(21-23-13-5-1-6-14-23)29(24-15-7-2-8-16-24)30(31)25-17-9-3-10-18-25/h1-3,5-10,13-18,22,27H,4,11-12,19-21H2. The molecule has 5 rings (SSSR count). The van der Waals surface area contributed by atoms with Crippen molar-refractivity contribution >= 4 is 5.78 Å². The lowest BCUT2D eigenvalue weighted by Gasteiger charge is -2.20. The van der Waals surface area contributed by atoms with Gasteiger partial charge in [-0.3, -0.25) is 4.79 Å². The molecule has 0 radical (unpaired) electrons. The number of carbonyl (C=O) groups is 1. The lowest BCUT2D eigenvalue weighted by Crippen LogP contribution is -2.18. The van der Waals surface area contributed by atoms with Crippen LogP contribution in [-0.2, 0) is 11.2 Å². The van der Waals surface area contributed by atoms with Gasteiger partial charge in [-0.15, -0.1) is 0 Å². The topological polar surface area (TPSA) is 22.0 Å². The van der Waals surface area contributed by atoms with Gasteiger partial charge in [-0.25, -0.2) is 0 Å². The third-order valence-corrected chi connectivity index (χ3v) is 6.57. The Kier molecular flexibility index (Phi) is 6.02. The van der Waals surface area contributed by atoms with Gasteiger partial charge in [0.15, 0.2) is 5.78 Å². The van der Waals surface area contributed by atoms with Crippen molar-refractivity contribution in [2.24, 2.45) is 0 Å². The largest absolute Gasteiger partial charge is 0.336 e. The maximum absolute atomic E-state index is 13.2. The van der Waals surface area contributed by atoms with Crippen LogP contribution in [0.3, 0.4) is 0 Å². The Morgan fingerprint density at radius 3 is 2.03 bits per heavy atom. The molecule has 1 saturated carbocycles. The molecule has 0 aliphatic heterocycles. The smallest absolute Gasteiger partial charge is 0.155 e. The van der Waals surface area contributed by atoms with E-state index >= 15 is 0 Å². The van der Waals surface area contributed by atoms with Crippen molar-refractivity contribution in [3.05, 3.63) is 108 Å². The summed E-state index contributed by atoms with van der Waals surface area (Å²) in [5.74, 6) is 0.376. The predicted molar refractivity (Wildman–Crippen MR) is 132 cm³/mol. The summed E-state index contributed by atoms with van der Waals surface area (Å²) >= 11 is 0. The highest BCUT2D eigenvalue weighted by atomic mass is 16.1. The number of hydrogen-bond donors (Lipinski definition) is 0. The molecule has 1 unspecified atom stereocenters. The molecule has 4 aromatic rings. The van der Waals surface area contributed by atoms with Crippen LogP contribution >= 0.6 is 0 Å². The summed E-state index contributed by atoms with van der Waals surface area (Å²) < 4.78 is 2.31. The van der Waals surface area contributed by atoms with Gasteiger partial charge < -0.3 is 4.57 Å². The van der Waals surface area contributed by atoms with Crippen LogP contribution < -0.4 is 0 Å². The number of nitrogens with zero attached hydrogens (tertiary/aromatic N) is 1. The van der Waals surface area contributed by atoms with Gasteiger partial charge in [0, 0.05) is 18.2 Å². The van der Waals surface area contributed by atoms with Crippen molar-refractivity contribution in [3.63, 3.8) is 0 Å². The van der Waals surface area contributed by atoms with Gasteiger partial charge in [0.05, 0.1) is 11.7 Å². The molecule has 1 fully saturated rings. The van der Waals surface area contributed by atoms with Crippen LogP contribution in [0.1, 0.15) is 49.3 Å². The lowest BCUT2D eigenvalue weighted by molar-refractivity contribution is -0.122. The minimum Gasteiger partial charge on any atom is -0.336 e. The summed E-state index contributed by atoms with van der Waals surface area (Å²) in [6, 6.07) is 31.8. The van der Waals surface area contributed by atoms with E-state index in [2.05, 4.69) is 102 Å². The zero-order valence-corrected chi connectivity index (χ0v) is 18.4. The van der Waals surface area contributed by atoms with Crippen LogP contribution in [-0.4, -0.2) is 10.4 Å². The van der Waals surface area contributed by atoms with E-state index in [0.717, 1.165) is 32.1 Å². The van der Waals surface area contributed by atoms with Gasteiger partial charge in [0.2, 0.25) is 0 Å². The van der Waals surface area contributed by atoms with E-state index in [1.807, 2.05) is 0 Å².